The summed E-state index contributed by atoms with van der Waals surface area (Å²) in [5, 5.41) is 5.05. The lowest BCUT2D eigenvalue weighted by Gasteiger charge is -2.08. The smallest absolute Gasteiger partial charge is 0.0541 e. The van der Waals surface area contributed by atoms with E-state index < -0.39 is 0 Å². The van der Waals surface area contributed by atoms with Crippen LogP contribution in [0.15, 0.2) is 152 Å². The Bertz CT molecular complexity index is 2620. The number of nitrogens with zero attached hydrogens (tertiary/aromatic N) is 1. The van der Waals surface area contributed by atoms with Crippen molar-refractivity contribution >= 4 is 43.6 Å². The first kappa shape index (κ1) is 24.6. The van der Waals surface area contributed by atoms with E-state index in [1.807, 2.05) is 0 Å². The predicted molar refractivity (Wildman–Crippen MR) is 189 cm³/mol. The Morgan fingerprint density at radius 1 is 0.400 bits per heavy atom. The summed E-state index contributed by atoms with van der Waals surface area (Å²) in [4.78, 5) is 3.66. The summed E-state index contributed by atoms with van der Waals surface area (Å²) in [6.45, 7) is 0. The molecule has 2 aromatic heterocycles. The second-order valence-corrected chi connectivity index (χ2v) is 12.3. The maximum atomic E-state index is 3.66. The maximum absolute atomic E-state index is 3.66. The highest BCUT2D eigenvalue weighted by Gasteiger charge is 2.19. The lowest BCUT2D eigenvalue weighted by molar-refractivity contribution is 1.18. The van der Waals surface area contributed by atoms with Crippen molar-refractivity contribution < 1.29 is 0 Å². The fourth-order valence-corrected chi connectivity index (χ4v) is 7.57. The van der Waals surface area contributed by atoms with Crippen molar-refractivity contribution in [2.75, 3.05) is 0 Å². The summed E-state index contributed by atoms with van der Waals surface area (Å²) in [5.41, 5.74) is 16.5. The first-order valence-corrected chi connectivity index (χ1v) is 15.6. The molecule has 9 aromatic rings. The summed E-state index contributed by atoms with van der Waals surface area (Å²) in [6.07, 6.45) is 1.02. The molecule has 2 heteroatoms. The zero-order valence-electron chi connectivity index (χ0n) is 24.6. The van der Waals surface area contributed by atoms with E-state index in [-0.39, 0.29) is 0 Å². The van der Waals surface area contributed by atoms with Gasteiger partial charge in [-0.1, -0.05) is 91.0 Å². The average molecular weight is 573 g/mol. The summed E-state index contributed by atoms with van der Waals surface area (Å²) in [5.74, 6) is 0. The molecule has 0 saturated heterocycles. The van der Waals surface area contributed by atoms with Gasteiger partial charge in [-0.25, -0.2) is 0 Å². The number of nitrogens with one attached hydrogen (secondary N) is 1. The van der Waals surface area contributed by atoms with Crippen molar-refractivity contribution in [2.24, 2.45) is 0 Å². The fourth-order valence-electron chi connectivity index (χ4n) is 7.57. The van der Waals surface area contributed by atoms with Gasteiger partial charge in [0.2, 0.25) is 0 Å². The fraction of sp³-hybridized carbons (Fsp3) is 0.0233. The molecule has 0 bridgehead atoms. The van der Waals surface area contributed by atoms with Crippen LogP contribution in [0.25, 0.3) is 82.7 Å². The van der Waals surface area contributed by atoms with Gasteiger partial charge in [0, 0.05) is 38.3 Å². The number of aromatic amines is 1. The molecule has 0 saturated carbocycles. The molecule has 2 nitrogen and oxygen atoms in total. The lowest BCUT2D eigenvalue weighted by atomic mass is 9.97. The van der Waals surface area contributed by atoms with Crippen LogP contribution in [0.4, 0.5) is 0 Å². The van der Waals surface area contributed by atoms with Crippen molar-refractivity contribution in [3.8, 4) is 39.1 Å². The van der Waals surface area contributed by atoms with Crippen LogP contribution in [0.2, 0.25) is 0 Å². The van der Waals surface area contributed by atoms with Crippen molar-refractivity contribution in [3.05, 3.63) is 163 Å². The minimum Gasteiger partial charge on any atom is -0.355 e. The molecule has 0 amide bonds. The minimum absolute atomic E-state index is 1.02. The molecule has 1 aliphatic rings. The summed E-state index contributed by atoms with van der Waals surface area (Å²) >= 11 is 0. The van der Waals surface area contributed by atoms with Gasteiger partial charge in [-0.3, -0.25) is 0 Å². The Morgan fingerprint density at radius 3 is 1.78 bits per heavy atom. The van der Waals surface area contributed by atoms with Gasteiger partial charge >= 0.3 is 0 Å². The standard InChI is InChI=1S/C43H28N2/c1-2-9-33(10-3-1)45-42-13-7-6-12-35(42)39-26-30(18-21-43(39)45)29-17-20-41-38(25-29)37-24-28(16-19-40(37)44-41)27-14-15-32-22-31-8-4-5-11-34(31)36(32)23-27/h1-21,23-26,44H,22H2. The molecule has 1 aliphatic carbocycles. The van der Waals surface area contributed by atoms with Crippen LogP contribution in [0.1, 0.15) is 11.1 Å². The molecule has 0 unspecified atom stereocenters. The van der Waals surface area contributed by atoms with Crippen molar-refractivity contribution in [2.45, 2.75) is 6.42 Å². The Morgan fingerprint density at radius 2 is 0.978 bits per heavy atom. The van der Waals surface area contributed by atoms with E-state index >= 15 is 0 Å². The van der Waals surface area contributed by atoms with Crippen LogP contribution >= 0.6 is 0 Å². The summed E-state index contributed by atoms with van der Waals surface area (Å²) < 4.78 is 2.37. The number of hydrogen-bond acceptors (Lipinski definition) is 0. The third-order valence-electron chi connectivity index (χ3n) is 9.75. The highest BCUT2D eigenvalue weighted by Crippen LogP contribution is 2.40. The van der Waals surface area contributed by atoms with Crippen LogP contribution in [-0.2, 0) is 6.42 Å². The van der Waals surface area contributed by atoms with Gasteiger partial charge in [0.1, 0.15) is 0 Å². The molecule has 7 aromatic carbocycles. The van der Waals surface area contributed by atoms with Crippen molar-refractivity contribution in [3.63, 3.8) is 0 Å². The molecule has 0 radical (unpaired) electrons. The zero-order valence-corrected chi connectivity index (χ0v) is 24.6. The number of hydrogen-bond donors (Lipinski definition) is 1. The topological polar surface area (TPSA) is 20.7 Å². The number of H-pyrrole nitrogens is 1. The van der Waals surface area contributed by atoms with E-state index in [9.17, 15) is 0 Å². The van der Waals surface area contributed by atoms with Crippen LogP contribution in [-0.4, -0.2) is 9.55 Å². The second kappa shape index (κ2) is 9.32. The molecule has 0 spiro atoms. The molecule has 2 heterocycles. The minimum atomic E-state index is 1.02. The van der Waals surface area contributed by atoms with Gasteiger partial charge in [-0.15, -0.1) is 0 Å². The predicted octanol–water partition coefficient (Wildman–Crippen LogP) is 11.3. The third-order valence-corrected chi connectivity index (χ3v) is 9.75. The normalized spacial score (nSPS) is 12.4. The SMILES string of the molecule is c1ccc(-n2c3ccccc3c3cc(-c4ccc5[nH]c6ccc(-c7ccc8c(c7)-c7ccccc7C8)cc6c5c4)ccc32)cc1. The van der Waals surface area contributed by atoms with Crippen LogP contribution in [0.3, 0.4) is 0 Å². The highest BCUT2D eigenvalue weighted by atomic mass is 15.0. The molecular formula is C43H28N2. The Labute approximate surface area is 260 Å². The number of rotatable bonds is 3. The largest absolute Gasteiger partial charge is 0.355 e. The zero-order chi connectivity index (χ0) is 29.5. The van der Waals surface area contributed by atoms with Gasteiger partial charge in [0.15, 0.2) is 0 Å². The van der Waals surface area contributed by atoms with Crippen LogP contribution < -0.4 is 0 Å². The van der Waals surface area contributed by atoms with E-state index in [0.29, 0.717) is 0 Å². The Balaban J connectivity index is 1.10. The third kappa shape index (κ3) is 3.69. The monoisotopic (exact) mass is 572 g/mol. The number of fused-ring (bicyclic) bond motifs is 9. The molecule has 1 N–H and O–H groups in total. The first-order chi connectivity index (χ1) is 22.3. The van der Waals surface area contributed by atoms with E-state index in [2.05, 4.69) is 161 Å². The Kier molecular flexibility index (Phi) is 5.09. The second-order valence-electron chi connectivity index (χ2n) is 12.3. The highest BCUT2D eigenvalue weighted by molar-refractivity contribution is 6.12. The quantitative estimate of drug-likeness (QED) is 0.217. The summed E-state index contributed by atoms with van der Waals surface area (Å²) in [7, 11) is 0. The maximum Gasteiger partial charge on any atom is 0.0541 e. The molecule has 10 rings (SSSR count). The van der Waals surface area contributed by atoms with Gasteiger partial charge in [0.05, 0.1) is 11.0 Å². The van der Waals surface area contributed by atoms with E-state index in [1.54, 1.807) is 0 Å². The average Bonchev–Trinajstić information content (AvgIpc) is 3.77. The molecule has 210 valence electrons. The van der Waals surface area contributed by atoms with Crippen LogP contribution in [0.5, 0.6) is 0 Å². The molecular weight excluding hydrogens is 544 g/mol. The molecule has 0 fully saturated rings. The van der Waals surface area contributed by atoms with Crippen molar-refractivity contribution in [1.82, 2.24) is 9.55 Å². The number of aromatic nitrogens is 2. The van der Waals surface area contributed by atoms with Crippen LogP contribution in [0, 0.1) is 0 Å². The molecule has 0 aliphatic heterocycles. The van der Waals surface area contributed by atoms with E-state index in [1.165, 1.54) is 88.3 Å². The number of para-hydroxylation sites is 2. The number of benzene rings is 7. The molecule has 0 atom stereocenters. The Hall–Kier alpha value is -5.86. The van der Waals surface area contributed by atoms with E-state index in [0.717, 1.165) is 11.9 Å². The van der Waals surface area contributed by atoms with Gasteiger partial charge in [0.25, 0.3) is 0 Å². The van der Waals surface area contributed by atoms with Gasteiger partial charge in [-0.2, -0.15) is 0 Å². The van der Waals surface area contributed by atoms with Gasteiger partial charge < -0.3 is 9.55 Å². The lowest BCUT2D eigenvalue weighted by Crippen LogP contribution is -1.92. The first-order valence-electron chi connectivity index (χ1n) is 15.6. The summed E-state index contributed by atoms with van der Waals surface area (Å²) in [6, 6.07) is 55.7. The molecule has 45 heavy (non-hydrogen) atoms. The van der Waals surface area contributed by atoms with Crippen molar-refractivity contribution in [1.29, 1.82) is 0 Å². The van der Waals surface area contributed by atoms with E-state index in [4.69, 9.17) is 0 Å². The van der Waals surface area contributed by atoms with Gasteiger partial charge in [-0.05, 0) is 112 Å².